The zero-order valence-corrected chi connectivity index (χ0v) is 20.3. The molecule has 1 aliphatic heterocycles. The molecule has 3 N–H and O–H groups in total. The largest absolute Gasteiger partial charge is 1.00 e. The molecule has 3 nitrogen and oxygen atoms in total. The van der Waals surface area contributed by atoms with Gasteiger partial charge in [0, 0.05) is 12.1 Å². The number of benzene rings is 1. The Morgan fingerprint density at radius 2 is 1.30 bits per heavy atom. The van der Waals surface area contributed by atoms with Gasteiger partial charge in [-0.3, -0.25) is 4.90 Å². The van der Waals surface area contributed by atoms with E-state index in [9.17, 15) is 9.50 Å². The summed E-state index contributed by atoms with van der Waals surface area (Å²) in [6.45, 7) is 7.44. The van der Waals surface area contributed by atoms with Crippen molar-refractivity contribution in [3.63, 3.8) is 0 Å². The third-order valence-electron chi connectivity index (χ3n) is 6.23. The number of aliphatic hydroxyl groups is 1. The molecule has 0 aromatic heterocycles. The summed E-state index contributed by atoms with van der Waals surface area (Å²) in [7, 11) is 0. The van der Waals surface area contributed by atoms with Crippen LogP contribution in [0.5, 0.6) is 0 Å². The van der Waals surface area contributed by atoms with Crippen LogP contribution < -0.4 is 34.6 Å². The lowest BCUT2D eigenvalue weighted by Crippen LogP contribution is -3.26. The predicted octanol–water partition coefficient (Wildman–Crippen LogP) is -3.08. The smallest absolute Gasteiger partial charge is 0.132 e. The normalized spacial score (nSPS) is 19.6. The molecule has 1 atom stereocenters. The number of nitrogens with one attached hydrogen (secondary N) is 2. The molecule has 1 aliphatic rings. The number of unbranched alkanes of at least 4 members (excludes halogenated alkanes) is 9. The van der Waals surface area contributed by atoms with Gasteiger partial charge in [-0.25, -0.2) is 4.39 Å². The first kappa shape index (κ1) is 29.6. The topological polar surface area (TPSA) is 29.1 Å². The van der Waals surface area contributed by atoms with E-state index >= 15 is 0 Å². The van der Waals surface area contributed by atoms with Crippen LogP contribution in [-0.4, -0.2) is 43.9 Å². The SMILES string of the molecule is CCCCCCCCCCCCC(O)C[NH+]1CC[NH+](c2ccc(F)cc2)CC1.[Cl-].[Cl-]. The van der Waals surface area contributed by atoms with Gasteiger partial charge in [-0.05, 0) is 18.6 Å². The molecular weight excluding hydrogens is 422 g/mol. The summed E-state index contributed by atoms with van der Waals surface area (Å²) in [6.07, 6.45) is 14.2. The molecule has 0 radical (unpaired) electrons. The lowest BCUT2D eigenvalue weighted by atomic mass is 10.0. The van der Waals surface area contributed by atoms with Crippen LogP contribution in [-0.2, 0) is 0 Å². The minimum absolute atomic E-state index is 0. The van der Waals surface area contributed by atoms with Gasteiger partial charge in [0.1, 0.15) is 50.3 Å². The third kappa shape index (κ3) is 12.5. The fourth-order valence-electron chi connectivity index (χ4n) is 4.39. The Bertz CT molecular complexity index is 510. The Hall–Kier alpha value is -0.390. The van der Waals surface area contributed by atoms with Crippen molar-refractivity contribution in [3.05, 3.63) is 30.1 Å². The fourth-order valence-corrected chi connectivity index (χ4v) is 4.39. The van der Waals surface area contributed by atoms with E-state index in [1.165, 1.54) is 73.3 Å². The van der Waals surface area contributed by atoms with Crippen molar-refractivity contribution < 1.29 is 44.1 Å². The van der Waals surface area contributed by atoms with Crippen molar-refractivity contribution in [2.75, 3.05) is 32.7 Å². The molecule has 1 fully saturated rings. The molecule has 6 heteroatoms. The Morgan fingerprint density at radius 1 is 0.800 bits per heavy atom. The lowest BCUT2D eigenvalue weighted by Gasteiger charge is -2.30. The Morgan fingerprint density at radius 3 is 1.83 bits per heavy atom. The first-order valence-corrected chi connectivity index (χ1v) is 11.8. The van der Waals surface area contributed by atoms with Crippen molar-refractivity contribution in [1.29, 1.82) is 0 Å². The van der Waals surface area contributed by atoms with Crippen LogP contribution in [0, 0.1) is 5.82 Å². The number of rotatable bonds is 14. The highest BCUT2D eigenvalue weighted by atomic mass is 35.5. The van der Waals surface area contributed by atoms with Crippen molar-refractivity contribution >= 4 is 5.69 Å². The van der Waals surface area contributed by atoms with Crippen LogP contribution >= 0.6 is 0 Å². The van der Waals surface area contributed by atoms with Gasteiger partial charge in [0.25, 0.3) is 0 Å². The van der Waals surface area contributed by atoms with Crippen LogP contribution in [0.1, 0.15) is 77.6 Å². The van der Waals surface area contributed by atoms with Crippen LogP contribution in [0.2, 0.25) is 0 Å². The first-order valence-electron chi connectivity index (χ1n) is 11.8. The molecule has 1 unspecified atom stereocenters. The summed E-state index contributed by atoms with van der Waals surface area (Å²) in [6, 6.07) is 6.90. The van der Waals surface area contributed by atoms with Gasteiger partial charge in [0.2, 0.25) is 0 Å². The molecule has 0 bridgehead atoms. The summed E-state index contributed by atoms with van der Waals surface area (Å²) in [5.74, 6) is -0.164. The molecule has 0 saturated carbocycles. The number of quaternary nitrogens is 2. The van der Waals surface area contributed by atoms with Gasteiger partial charge >= 0.3 is 0 Å². The monoisotopic (exact) mass is 464 g/mol. The van der Waals surface area contributed by atoms with E-state index in [1.807, 2.05) is 12.1 Å². The van der Waals surface area contributed by atoms with E-state index in [-0.39, 0.29) is 36.7 Å². The van der Waals surface area contributed by atoms with Crippen LogP contribution in [0.4, 0.5) is 10.1 Å². The summed E-state index contributed by atoms with van der Waals surface area (Å²) < 4.78 is 13.1. The molecule has 30 heavy (non-hydrogen) atoms. The average molecular weight is 466 g/mol. The molecule has 1 heterocycles. The van der Waals surface area contributed by atoms with Crippen molar-refractivity contribution in [3.8, 4) is 0 Å². The van der Waals surface area contributed by atoms with E-state index < -0.39 is 0 Å². The zero-order chi connectivity index (χ0) is 20.0. The number of piperazine rings is 1. The summed E-state index contributed by atoms with van der Waals surface area (Å²) in [5, 5.41) is 10.4. The van der Waals surface area contributed by atoms with Gasteiger partial charge in [0.15, 0.2) is 0 Å². The number of hydrogen-bond donors (Lipinski definition) is 3. The Balaban J connectivity index is 0.00000420. The number of hydrogen-bond acceptors (Lipinski definition) is 1. The van der Waals surface area contributed by atoms with Crippen LogP contribution in [0.25, 0.3) is 0 Å². The zero-order valence-electron chi connectivity index (χ0n) is 18.8. The van der Waals surface area contributed by atoms with Crippen molar-refractivity contribution in [2.24, 2.45) is 0 Å². The second kappa shape index (κ2) is 18.2. The highest BCUT2D eigenvalue weighted by Crippen LogP contribution is 2.11. The lowest BCUT2D eigenvalue weighted by molar-refractivity contribution is -0.988. The molecule has 0 spiro atoms. The number of aliphatic hydroxyl groups excluding tert-OH is 1. The van der Waals surface area contributed by atoms with E-state index in [0.717, 1.165) is 45.6 Å². The van der Waals surface area contributed by atoms with Crippen molar-refractivity contribution in [2.45, 2.75) is 83.7 Å². The summed E-state index contributed by atoms with van der Waals surface area (Å²) >= 11 is 0. The highest BCUT2D eigenvalue weighted by molar-refractivity contribution is 5.28. The number of halogens is 3. The first-order chi connectivity index (χ1) is 13.7. The summed E-state index contributed by atoms with van der Waals surface area (Å²) in [5.41, 5.74) is 1.19. The molecule has 1 saturated heterocycles. The van der Waals surface area contributed by atoms with Gasteiger partial charge < -0.3 is 34.8 Å². The van der Waals surface area contributed by atoms with Crippen LogP contribution in [0.15, 0.2) is 24.3 Å². The Kier molecular flexibility index (Phi) is 18.0. The average Bonchev–Trinajstić information content (AvgIpc) is 2.71. The van der Waals surface area contributed by atoms with E-state index in [4.69, 9.17) is 0 Å². The predicted molar refractivity (Wildman–Crippen MR) is 115 cm³/mol. The van der Waals surface area contributed by atoms with Crippen molar-refractivity contribution in [1.82, 2.24) is 0 Å². The van der Waals surface area contributed by atoms with Crippen LogP contribution in [0.3, 0.4) is 0 Å². The van der Waals surface area contributed by atoms with E-state index in [2.05, 4.69) is 6.92 Å². The standard InChI is InChI=1S/C24H41FN2O.2ClH/c1-2-3-4-5-6-7-8-9-10-11-12-24(28)21-26-17-19-27(20-18-26)23-15-13-22(25)14-16-23;;/h13-16,24,28H,2-12,17-21H2,1H3;2*1H. The molecule has 1 aromatic carbocycles. The quantitative estimate of drug-likeness (QED) is 0.250. The molecule has 0 amide bonds. The fraction of sp³-hybridized carbons (Fsp3) is 0.750. The Labute approximate surface area is 196 Å². The van der Waals surface area contributed by atoms with Gasteiger partial charge in [-0.1, -0.05) is 71.1 Å². The minimum atomic E-state index is -0.164. The van der Waals surface area contributed by atoms with E-state index in [0.29, 0.717) is 0 Å². The molecule has 0 aliphatic carbocycles. The molecule has 176 valence electrons. The second-order valence-corrected chi connectivity index (χ2v) is 8.69. The second-order valence-electron chi connectivity index (χ2n) is 8.69. The third-order valence-corrected chi connectivity index (χ3v) is 6.23. The molecular formula is C24H43Cl2FN2O. The van der Waals surface area contributed by atoms with E-state index in [1.54, 1.807) is 12.1 Å². The van der Waals surface area contributed by atoms with Gasteiger partial charge in [-0.2, -0.15) is 0 Å². The maximum atomic E-state index is 13.1. The van der Waals surface area contributed by atoms with Gasteiger partial charge in [-0.15, -0.1) is 0 Å². The highest BCUT2D eigenvalue weighted by Gasteiger charge is 2.25. The molecule has 2 rings (SSSR count). The minimum Gasteiger partial charge on any atom is -1.00 e. The maximum absolute atomic E-state index is 13.1. The maximum Gasteiger partial charge on any atom is 0.132 e. The molecule has 1 aromatic rings. The van der Waals surface area contributed by atoms with Gasteiger partial charge in [0.05, 0.1) is 0 Å². The summed E-state index contributed by atoms with van der Waals surface area (Å²) in [4.78, 5) is 2.96.